The van der Waals surface area contributed by atoms with Crippen molar-refractivity contribution in [2.45, 2.75) is 57.9 Å². The zero-order valence-corrected chi connectivity index (χ0v) is 19.4. The van der Waals surface area contributed by atoms with Crippen LogP contribution in [-0.4, -0.2) is 41.2 Å². The fourth-order valence-corrected chi connectivity index (χ4v) is 5.21. The third kappa shape index (κ3) is 6.04. The van der Waals surface area contributed by atoms with Gasteiger partial charge >= 0.3 is 0 Å². The quantitative estimate of drug-likeness (QED) is 0.383. The molecule has 9 heteroatoms. The molecule has 0 unspecified atom stereocenters. The summed E-state index contributed by atoms with van der Waals surface area (Å²) >= 11 is 1.63. The third-order valence-electron chi connectivity index (χ3n) is 6.39. The van der Waals surface area contributed by atoms with Crippen molar-refractivity contribution in [3.63, 3.8) is 0 Å². The van der Waals surface area contributed by atoms with Crippen molar-refractivity contribution in [1.82, 2.24) is 20.6 Å². The summed E-state index contributed by atoms with van der Waals surface area (Å²) in [6, 6.07) is 2.40. The molecule has 1 saturated carbocycles. The van der Waals surface area contributed by atoms with E-state index < -0.39 is 0 Å². The van der Waals surface area contributed by atoms with E-state index in [1.807, 2.05) is 11.4 Å². The maximum absolute atomic E-state index is 12.3. The van der Waals surface area contributed by atoms with E-state index >= 15 is 0 Å². The van der Waals surface area contributed by atoms with E-state index in [2.05, 4.69) is 33.2 Å². The Kier molecular flexibility index (Phi) is 7.70. The molecule has 0 radical (unpaired) electrons. The van der Waals surface area contributed by atoms with Gasteiger partial charge in [0.25, 0.3) is 0 Å². The molecule has 0 aromatic carbocycles. The van der Waals surface area contributed by atoms with Crippen LogP contribution in [0.4, 0.5) is 11.8 Å². The lowest BCUT2D eigenvalue weighted by atomic mass is 9.87. The molecule has 5 N–H and O–H groups in total. The molecule has 2 fully saturated rings. The highest BCUT2D eigenvalue weighted by atomic mass is 32.1. The second-order valence-electron chi connectivity index (χ2n) is 8.97. The number of aromatic nitrogens is 2. The molecule has 2 aromatic rings. The van der Waals surface area contributed by atoms with Gasteiger partial charge in [-0.25, -0.2) is 4.98 Å². The van der Waals surface area contributed by atoms with E-state index in [1.165, 1.54) is 25.3 Å². The lowest BCUT2D eigenvalue weighted by Gasteiger charge is -2.27. The summed E-state index contributed by atoms with van der Waals surface area (Å²) in [7, 11) is 0. The zero-order chi connectivity index (χ0) is 22.3. The lowest BCUT2D eigenvalue weighted by molar-refractivity contribution is -0.121. The van der Waals surface area contributed by atoms with Gasteiger partial charge in [0.05, 0.1) is 15.9 Å². The smallest absolute Gasteiger partial charge is 0.229 e. The van der Waals surface area contributed by atoms with Crippen LogP contribution in [0.25, 0.3) is 10.2 Å². The molecule has 4 rings (SSSR count). The van der Waals surface area contributed by atoms with Gasteiger partial charge in [-0.3, -0.25) is 4.79 Å². The third-order valence-corrected chi connectivity index (χ3v) is 7.30. The average molecular weight is 456 g/mol. The van der Waals surface area contributed by atoms with Gasteiger partial charge in [0, 0.05) is 24.9 Å². The van der Waals surface area contributed by atoms with Crippen molar-refractivity contribution >= 4 is 45.4 Å². The number of carbonyl (C=O) groups excluding carboxylic acids is 1. The number of hydrogen-bond acceptors (Lipinski definition) is 8. The number of hydrogen-bond donors (Lipinski definition) is 5. The fourth-order valence-electron chi connectivity index (χ4n) is 4.42. The number of amides is 1. The van der Waals surface area contributed by atoms with E-state index in [0.717, 1.165) is 60.7 Å². The van der Waals surface area contributed by atoms with Gasteiger partial charge < -0.3 is 26.7 Å². The minimum absolute atomic E-state index is 0.0267. The molecule has 0 spiro atoms. The highest BCUT2D eigenvalue weighted by molar-refractivity contribution is 7.17. The average Bonchev–Trinajstić information content (AvgIpc) is 3.28. The van der Waals surface area contributed by atoms with Crippen molar-refractivity contribution in [1.29, 1.82) is 5.41 Å². The van der Waals surface area contributed by atoms with Gasteiger partial charge in [-0.2, -0.15) is 4.98 Å². The Balaban J connectivity index is 1.42. The molecule has 1 aliphatic carbocycles. The molecule has 1 saturated heterocycles. The Morgan fingerprint density at radius 3 is 2.75 bits per heavy atom. The lowest BCUT2D eigenvalue weighted by Crippen LogP contribution is -2.31. The molecule has 32 heavy (non-hydrogen) atoms. The van der Waals surface area contributed by atoms with Gasteiger partial charge in [-0.1, -0.05) is 6.92 Å². The molecule has 3 heterocycles. The van der Waals surface area contributed by atoms with Crippen molar-refractivity contribution in [3.8, 4) is 0 Å². The molecular weight excluding hydrogens is 422 g/mol. The van der Waals surface area contributed by atoms with Crippen molar-refractivity contribution in [2.75, 3.05) is 23.7 Å². The van der Waals surface area contributed by atoms with Crippen LogP contribution in [0.2, 0.25) is 0 Å². The number of anilines is 2. The molecule has 1 amide bonds. The summed E-state index contributed by atoms with van der Waals surface area (Å²) in [6.07, 6.45) is 10.0. The van der Waals surface area contributed by atoms with Gasteiger partial charge in [-0.15, -0.1) is 11.3 Å². The Morgan fingerprint density at radius 2 is 2.00 bits per heavy atom. The summed E-state index contributed by atoms with van der Waals surface area (Å²) in [5, 5.41) is 22.6. The van der Waals surface area contributed by atoms with Crippen LogP contribution in [-0.2, 0) is 4.79 Å². The molecule has 2 aliphatic rings. The number of allylic oxidation sites excluding steroid dienone is 1. The summed E-state index contributed by atoms with van der Waals surface area (Å²) in [5.41, 5.74) is 1.31. The molecular formula is C23H33N7OS. The first-order chi connectivity index (χ1) is 15.6. The fraction of sp³-hybridized carbons (Fsp3) is 0.565. The van der Waals surface area contributed by atoms with Crippen LogP contribution in [0.1, 0.15) is 51.9 Å². The number of rotatable bonds is 8. The number of piperidine rings is 1. The predicted molar refractivity (Wildman–Crippen MR) is 131 cm³/mol. The predicted octanol–water partition coefficient (Wildman–Crippen LogP) is 4.09. The van der Waals surface area contributed by atoms with Gasteiger partial charge in [-0.05, 0) is 74.9 Å². The maximum Gasteiger partial charge on any atom is 0.229 e. The van der Waals surface area contributed by atoms with Crippen molar-refractivity contribution < 1.29 is 4.79 Å². The van der Waals surface area contributed by atoms with Crippen LogP contribution in [0.15, 0.2) is 23.3 Å². The molecule has 172 valence electrons. The summed E-state index contributed by atoms with van der Waals surface area (Å²) in [6.45, 7) is 4.26. The monoisotopic (exact) mass is 455 g/mol. The Hall–Kier alpha value is -2.52. The summed E-state index contributed by atoms with van der Waals surface area (Å²) in [5.74, 6) is 2.45. The first-order valence-corrected chi connectivity index (χ1v) is 12.5. The second-order valence-corrected chi connectivity index (χ2v) is 9.88. The SMILES string of the molecule is C[C@H]1CC[C@@H](Nc2nc(N/C(C=N)=C/NC(=O)CC3CCNCC3)nc3ccsc23)CC1. The van der Waals surface area contributed by atoms with Crippen molar-refractivity contribution in [3.05, 3.63) is 23.3 Å². The van der Waals surface area contributed by atoms with Crippen molar-refractivity contribution in [2.24, 2.45) is 11.8 Å². The number of nitrogens with one attached hydrogen (secondary N) is 5. The maximum atomic E-state index is 12.3. The van der Waals surface area contributed by atoms with Gasteiger partial charge in [0.15, 0.2) is 0 Å². The minimum Gasteiger partial charge on any atom is -0.366 e. The zero-order valence-electron chi connectivity index (χ0n) is 18.6. The van der Waals surface area contributed by atoms with Gasteiger partial charge in [0.1, 0.15) is 5.82 Å². The van der Waals surface area contributed by atoms with Crippen LogP contribution in [0.5, 0.6) is 0 Å². The summed E-state index contributed by atoms with van der Waals surface area (Å²) < 4.78 is 1.05. The minimum atomic E-state index is -0.0267. The summed E-state index contributed by atoms with van der Waals surface area (Å²) in [4.78, 5) is 21.6. The normalized spacial score (nSPS) is 22.5. The second kappa shape index (κ2) is 10.9. The molecule has 2 aromatic heterocycles. The Labute approximate surface area is 193 Å². The van der Waals surface area contributed by atoms with Crippen LogP contribution >= 0.6 is 11.3 Å². The number of nitrogens with zero attached hydrogens (tertiary/aromatic N) is 2. The topological polar surface area (TPSA) is 115 Å². The largest absolute Gasteiger partial charge is 0.366 e. The van der Waals surface area contributed by atoms with E-state index in [0.29, 0.717) is 30.0 Å². The first kappa shape index (κ1) is 22.7. The Bertz CT molecular complexity index is 958. The number of thiophene rings is 1. The molecule has 0 bridgehead atoms. The highest BCUT2D eigenvalue weighted by Gasteiger charge is 2.20. The number of fused-ring (bicyclic) bond motifs is 1. The van der Waals surface area contributed by atoms with E-state index in [1.54, 1.807) is 11.3 Å². The first-order valence-electron chi connectivity index (χ1n) is 11.6. The molecule has 0 atom stereocenters. The van der Waals surface area contributed by atoms with Crippen LogP contribution in [0, 0.1) is 17.2 Å². The standard InChI is InChI=1S/C23H33N7OS/c1-15-2-4-17(5-3-15)27-22-21-19(8-11-32-21)29-23(30-22)28-18(13-24)14-26-20(31)12-16-6-9-25-10-7-16/h8,11,13-17,24-25H,2-7,9-10,12H2,1H3,(H,26,31)(H2,27,28,29,30)/b18-14+,24-13?/t15-,17+. The van der Waals surface area contributed by atoms with Crippen LogP contribution in [0.3, 0.4) is 0 Å². The van der Waals surface area contributed by atoms with E-state index in [9.17, 15) is 4.79 Å². The van der Waals surface area contributed by atoms with E-state index in [-0.39, 0.29) is 5.91 Å². The molecule has 1 aliphatic heterocycles. The highest BCUT2D eigenvalue weighted by Crippen LogP contribution is 2.31. The number of carbonyl (C=O) groups is 1. The molecule has 8 nitrogen and oxygen atoms in total. The van der Waals surface area contributed by atoms with E-state index in [4.69, 9.17) is 10.4 Å². The van der Waals surface area contributed by atoms with Crippen LogP contribution < -0.4 is 21.3 Å². The Morgan fingerprint density at radius 1 is 1.22 bits per heavy atom. The van der Waals surface area contributed by atoms with Gasteiger partial charge in [0.2, 0.25) is 11.9 Å².